The molecule has 0 amide bonds. The van der Waals surface area contributed by atoms with E-state index < -0.39 is 5.82 Å². The van der Waals surface area contributed by atoms with E-state index in [1.165, 1.54) is 6.07 Å². The molecule has 20 heavy (non-hydrogen) atoms. The molecule has 114 valence electrons. The van der Waals surface area contributed by atoms with Crippen LogP contribution in [0.3, 0.4) is 0 Å². The molecule has 5 nitrogen and oxygen atoms in total. The van der Waals surface area contributed by atoms with E-state index in [1.807, 2.05) is 11.8 Å². The average molecular weight is 286 g/mol. The van der Waals surface area contributed by atoms with Gasteiger partial charge in [0.15, 0.2) is 11.6 Å². The number of ether oxygens (including phenoxy) is 3. The molecule has 0 saturated heterocycles. The number of anilines is 2. The molecule has 0 fully saturated rings. The van der Waals surface area contributed by atoms with E-state index in [2.05, 4.69) is 0 Å². The fourth-order valence-corrected chi connectivity index (χ4v) is 1.85. The van der Waals surface area contributed by atoms with Crippen LogP contribution in [-0.4, -0.2) is 47.1 Å². The zero-order valence-electron chi connectivity index (χ0n) is 12.3. The fraction of sp³-hybridized carbons (Fsp3) is 0.571. The van der Waals surface area contributed by atoms with Crippen LogP contribution in [0.2, 0.25) is 0 Å². The molecule has 0 spiro atoms. The van der Waals surface area contributed by atoms with Crippen molar-refractivity contribution in [3.63, 3.8) is 0 Å². The van der Waals surface area contributed by atoms with Crippen molar-refractivity contribution in [1.29, 1.82) is 0 Å². The highest BCUT2D eigenvalue weighted by atomic mass is 19.1. The Morgan fingerprint density at radius 1 is 1.15 bits per heavy atom. The predicted octanol–water partition coefficient (Wildman–Crippen LogP) is 1.91. The summed E-state index contributed by atoms with van der Waals surface area (Å²) in [7, 11) is 3.27. The predicted molar refractivity (Wildman–Crippen MR) is 77.9 cm³/mol. The van der Waals surface area contributed by atoms with E-state index in [9.17, 15) is 4.39 Å². The Morgan fingerprint density at radius 3 is 2.25 bits per heavy atom. The van der Waals surface area contributed by atoms with Gasteiger partial charge in [-0.25, -0.2) is 4.39 Å². The third-order valence-corrected chi connectivity index (χ3v) is 2.85. The van der Waals surface area contributed by atoms with Crippen LogP contribution in [0.4, 0.5) is 15.8 Å². The highest BCUT2D eigenvalue weighted by Gasteiger charge is 2.14. The maximum absolute atomic E-state index is 13.7. The number of nitrogens with zero attached hydrogens (tertiary/aromatic N) is 1. The number of rotatable bonds is 9. The molecule has 2 N–H and O–H groups in total. The Kier molecular flexibility index (Phi) is 7.11. The Morgan fingerprint density at radius 2 is 1.75 bits per heavy atom. The lowest BCUT2D eigenvalue weighted by Crippen LogP contribution is -2.31. The summed E-state index contributed by atoms with van der Waals surface area (Å²) >= 11 is 0. The summed E-state index contributed by atoms with van der Waals surface area (Å²) < 4.78 is 29.2. The van der Waals surface area contributed by atoms with E-state index >= 15 is 0 Å². The molecule has 1 aromatic rings. The smallest absolute Gasteiger partial charge is 0.167 e. The number of methoxy groups -OCH3 is 2. The molecule has 1 rings (SSSR count). The van der Waals surface area contributed by atoms with Crippen LogP contribution in [0.5, 0.6) is 5.75 Å². The van der Waals surface area contributed by atoms with Crippen LogP contribution in [0.1, 0.15) is 6.92 Å². The van der Waals surface area contributed by atoms with Crippen LogP contribution in [0, 0.1) is 5.82 Å². The van der Waals surface area contributed by atoms with Crippen molar-refractivity contribution >= 4 is 11.4 Å². The van der Waals surface area contributed by atoms with Crippen molar-refractivity contribution in [3.05, 3.63) is 17.9 Å². The lowest BCUT2D eigenvalue weighted by Gasteiger charge is -2.26. The van der Waals surface area contributed by atoms with Gasteiger partial charge in [0, 0.05) is 39.4 Å². The minimum Gasteiger partial charge on any atom is -0.491 e. The summed E-state index contributed by atoms with van der Waals surface area (Å²) in [5.41, 5.74) is 7.01. The first-order chi connectivity index (χ1) is 9.63. The maximum atomic E-state index is 13.7. The minimum atomic E-state index is -0.452. The van der Waals surface area contributed by atoms with Gasteiger partial charge in [0.1, 0.15) is 0 Å². The summed E-state index contributed by atoms with van der Waals surface area (Å²) in [5, 5.41) is 0. The molecule has 1 aromatic carbocycles. The largest absolute Gasteiger partial charge is 0.491 e. The second kappa shape index (κ2) is 8.60. The molecule has 0 atom stereocenters. The van der Waals surface area contributed by atoms with Crippen molar-refractivity contribution in [1.82, 2.24) is 0 Å². The summed E-state index contributed by atoms with van der Waals surface area (Å²) in [4.78, 5) is 1.99. The zero-order chi connectivity index (χ0) is 15.0. The zero-order valence-corrected chi connectivity index (χ0v) is 12.3. The first kappa shape index (κ1) is 16.5. The molecule has 0 saturated carbocycles. The standard InChI is InChI=1S/C14H23FN2O3/c1-4-20-14-10-13(12(16)9-11(14)15)17(5-7-18-2)6-8-19-3/h9-10H,4-8,16H2,1-3H3. The Hall–Kier alpha value is -1.53. The second-order valence-electron chi connectivity index (χ2n) is 4.25. The Bertz CT molecular complexity index is 408. The topological polar surface area (TPSA) is 57.0 Å². The van der Waals surface area contributed by atoms with E-state index in [0.29, 0.717) is 38.6 Å². The highest BCUT2D eigenvalue weighted by molar-refractivity contribution is 5.70. The lowest BCUT2D eigenvalue weighted by molar-refractivity contribution is 0.190. The normalized spacial score (nSPS) is 10.6. The number of nitrogens with two attached hydrogens (primary N) is 1. The van der Waals surface area contributed by atoms with Crippen molar-refractivity contribution in [2.24, 2.45) is 0 Å². The van der Waals surface area contributed by atoms with Crippen molar-refractivity contribution in [2.45, 2.75) is 6.92 Å². The molecule has 0 aliphatic rings. The highest BCUT2D eigenvalue weighted by Crippen LogP contribution is 2.31. The molecule has 0 radical (unpaired) electrons. The van der Waals surface area contributed by atoms with Gasteiger partial charge in [-0.15, -0.1) is 0 Å². The Balaban J connectivity index is 3.00. The van der Waals surface area contributed by atoms with Gasteiger partial charge in [-0.1, -0.05) is 0 Å². The SMILES string of the molecule is CCOc1cc(N(CCOC)CCOC)c(N)cc1F. The van der Waals surface area contributed by atoms with Gasteiger partial charge in [-0.05, 0) is 6.92 Å². The molecule has 0 bridgehead atoms. The van der Waals surface area contributed by atoms with Gasteiger partial charge < -0.3 is 24.8 Å². The first-order valence-electron chi connectivity index (χ1n) is 6.58. The summed E-state index contributed by atoms with van der Waals surface area (Å²) in [5.74, 6) is -0.247. The van der Waals surface area contributed by atoms with E-state index in [-0.39, 0.29) is 5.75 Å². The summed E-state index contributed by atoms with van der Waals surface area (Å²) in [6.07, 6.45) is 0. The van der Waals surface area contributed by atoms with Crippen molar-refractivity contribution < 1.29 is 18.6 Å². The molecular formula is C14H23FN2O3. The number of halogens is 1. The second-order valence-corrected chi connectivity index (χ2v) is 4.25. The van der Waals surface area contributed by atoms with E-state index in [0.717, 1.165) is 5.69 Å². The minimum absolute atomic E-state index is 0.205. The van der Waals surface area contributed by atoms with Crippen molar-refractivity contribution in [3.8, 4) is 5.75 Å². The van der Waals surface area contributed by atoms with Gasteiger partial charge in [-0.2, -0.15) is 0 Å². The van der Waals surface area contributed by atoms with E-state index in [1.54, 1.807) is 20.3 Å². The number of hydrogen-bond donors (Lipinski definition) is 1. The third-order valence-electron chi connectivity index (χ3n) is 2.85. The van der Waals surface area contributed by atoms with Gasteiger partial charge in [0.2, 0.25) is 0 Å². The van der Waals surface area contributed by atoms with Crippen LogP contribution in [0.15, 0.2) is 12.1 Å². The summed E-state index contributed by atoms with van der Waals surface area (Å²) in [6.45, 7) is 4.58. The lowest BCUT2D eigenvalue weighted by atomic mass is 10.2. The molecule has 0 heterocycles. The number of hydrogen-bond acceptors (Lipinski definition) is 5. The van der Waals surface area contributed by atoms with Gasteiger partial charge >= 0.3 is 0 Å². The molecular weight excluding hydrogens is 263 g/mol. The maximum Gasteiger partial charge on any atom is 0.167 e. The quantitative estimate of drug-likeness (QED) is 0.703. The third kappa shape index (κ3) is 4.54. The monoisotopic (exact) mass is 286 g/mol. The van der Waals surface area contributed by atoms with Crippen molar-refractivity contribution in [2.75, 3.05) is 57.8 Å². The Labute approximate surface area is 119 Å². The first-order valence-corrected chi connectivity index (χ1v) is 6.58. The molecule has 0 aliphatic carbocycles. The van der Waals surface area contributed by atoms with Gasteiger partial charge in [-0.3, -0.25) is 0 Å². The molecule has 0 unspecified atom stereocenters. The summed E-state index contributed by atoms with van der Waals surface area (Å²) in [6, 6.07) is 2.91. The van der Waals surface area contributed by atoms with E-state index in [4.69, 9.17) is 19.9 Å². The molecule has 0 aliphatic heterocycles. The van der Waals surface area contributed by atoms with Crippen LogP contribution >= 0.6 is 0 Å². The molecule has 6 heteroatoms. The van der Waals surface area contributed by atoms with Gasteiger partial charge in [0.05, 0.1) is 31.2 Å². The van der Waals surface area contributed by atoms with Gasteiger partial charge in [0.25, 0.3) is 0 Å². The number of benzene rings is 1. The van der Waals surface area contributed by atoms with Crippen LogP contribution < -0.4 is 15.4 Å². The van der Waals surface area contributed by atoms with Crippen LogP contribution in [0.25, 0.3) is 0 Å². The molecule has 0 aromatic heterocycles. The van der Waals surface area contributed by atoms with Crippen LogP contribution in [-0.2, 0) is 9.47 Å². The number of nitrogen functional groups attached to an aromatic ring is 1. The fourth-order valence-electron chi connectivity index (χ4n) is 1.85. The average Bonchev–Trinajstić information content (AvgIpc) is 2.43.